The molecule has 0 saturated heterocycles. The Morgan fingerprint density at radius 1 is 0.625 bits per heavy atom. The first-order chi connectivity index (χ1) is 7.78. The predicted octanol–water partition coefficient (Wildman–Crippen LogP) is 0.594. The van der Waals surface area contributed by atoms with E-state index in [-0.39, 0.29) is 0 Å². The van der Waals surface area contributed by atoms with Gasteiger partial charge in [0.2, 0.25) is 0 Å². The van der Waals surface area contributed by atoms with E-state index in [1.54, 1.807) is 12.4 Å². The summed E-state index contributed by atoms with van der Waals surface area (Å²) in [6, 6.07) is 0. The van der Waals surface area contributed by atoms with Crippen molar-refractivity contribution < 1.29 is 0 Å². The lowest BCUT2D eigenvalue weighted by Gasteiger charge is -2.18. The van der Waals surface area contributed by atoms with Gasteiger partial charge in [0.1, 0.15) is 0 Å². The summed E-state index contributed by atoms with van der Waals surface area (Å²) in [4.78, 5) is 3.64. The quantitative estimate of drug-likeness (QED) is 0.592. The van der Waals surface area contributed by atoms with Crippen LogP contribution in [0.15, 0.2) is 12.4 Å². The van der Waals surface area contributed by atoms with E-state index in [2.05, 4.69) is 23.7 Å². The lowest BCUT2D eigenvalue weighted by Crippen LogP contribution is -2.22. The minimum absolute atomic E-state index is 0.459. The third kappa shape index (κ3) is 6.10. The molecule has 0 saturated carbocycles. The maximum absolute atomic E-state index is 5.21. The summed E-state index contributed by atoms with van der Waals surface area (Å²) < 4.78 is 0. The molecule has 2 nitrogen and oxygen atoms in total. The summed E-state index contributed by atoms with van der Waals surface area (Å²) >= 11 is 0. The van der Waals surface area contributed by atoms with Gasteiger partial charge >= 0.3 is 0 Å². The normalized spacial score (nSPS) is 8.50. The predicted molar refractivity (Wildman–Crippen MR) is 67.6 cm³/mol. The highest BCUT2D eigenvalue weighted by atomic mass is 15.1. The van der Waals surface area contributed by atoms with E-state index in [9.17, 15) is 0 Å². The molecule has 0 spiro atoms. The third-order valence-corrected chi connectivity index (χ3v) is 1.67. The molecule has 0 heterocycles. The van der Waals surface area contributed by atoms with Crippen molar-refractivity contribution in [3.63, 3.8) is 0 Å². The van der Waals surface area contributed by atoms with E-state index >= 15 is 0 Å². The molecule has 2 heteroatoms. The second kappa shape index (κ2) is 9.15. The smallest absolute Gasteiger partial charge is 0.0796 e. The summed E-state index contributed by atoms with van der Waals surface area (Å²) in [7, 11) is 0. The third-order valence-electron chi connectivity index (χ3n) is 1.67. The first kappa shape index (κ1) is 13.6. The van der Waals surface area contributed by atoms with Crippen molar-refractivity contribution in [1.29, 1.82) is 0 Å². The van der Waals surface area contributed by atoms with Gasteiger partial charge in [0.05, 0.1) is 26.2 Å². The monoisotopic (exact) mass is 210 g/mol. The van der Waals surface area contributed by atoms with Crippen molar-refractivity contribution in [2.45, 2.75) is 0 Å². The van der Waals surface area contributed by atoms with Crippen LogP contribution < -0.4 is 0 Å². The molecule has 0 fully saturated rings. The van der Waals surface area contributed by atoms with Crippen LogP contribution in [0.1, 0.15) is 0 Å². The molecule has 0 bridgehead atoms. The van der Waals surface area contributed by atoms with E-state index in [1.807, 2.05) is 9.80 Å². The topological polar surface area (TPSA) is 6.48 Å². The summed E-state index contributed by atoms with van der Waals surface area (Å²) in [5.74, 6) is 10.1. The molecule has 0 radical (unpaired) electrons. The maximum Gasteiger partial charge on any atom is 0.0796 e. The zero-order valence-electron chi connectivity index (χ0n) is 9.19. The molecule has 0 aliphatic rings. The number of terminal acetylenes is 4. The minimum atomic E-state index is 0.459. The Kier molecular flexibility index (Phi) is 7.76. The zero-order chi connectivity index (χ0) is 12.2. The van der Waals surface area contributed by atoms with Gasteiger partial charge in [-0.05, 0) is 0 Å². The Hall–Kier alpha value is -2.42. The van der Waals surface area contributed by atoms with Crippen molar-refractivity contribution in [2.24, 2.45) is 0 Å². The van der Waals surface area contributed by atoms with Crippen molar-refractivity contribution in [3.05, 3.63) is 12.4 Å². The molecule has 0 N–H and O–H groups in total. The first-order valence-electron chi connectivity index (χ1n) is 4.68. The van der Waals surface area contributed by atoms with Crippen LogP contribution in [-0.4, -0.2) is 36.0 Å². The van der Waals surface area contributed by atoms with Crippen LogP contribution in [0, 0.1) is 49.4 Å². The van der Waals surface area contributed by atoms with Gasteiger partial charge in [-0.15, -0.1) is 25.7 Å². The molecule has 0 aliphatic heterocycles. The van der Waals surface area contributed by atoms with Crippen molar-refractivity contribution in [3.8, 4) is 49.4 Å². The molecular formula is C14H14N2. The summed E-state index contributed by atoms with van der Waals surface area (Å²) in [5, 5.41) is 0. The van der Waals surface area contributed by atoms with Gasteiger partial charge in [-0.1, -0.05) is 23.7 Å². The standard InChI is InChI=1S/C14H14N2/c1-5-9-15(10-6-2)13-14-16(11-7-3)12-8-4/h1-4,13-14H,9-12H2/b14-13+. The van der Waals surface area contributed by atoms with Crippen molar-refractivity contribution in [1.82, 2.24) is 9.80 Å². The molecule has 0 aromatic rings. The van der Waals surface area contributed by atoms with Gasteiger partial charge in [0, 0.05) is 12.4 Å². The van der Waals surface area contributed by atoms with Gasteiger partial charge in [0.25, 0.3) is 0 Å². The molecule has 0 atom stereocenters. The van der Waals surface area contributed by atoms with Gasteiger partial charge in [-0.2, -0.15) is 0 Å². The number of hydrogen-bond donors (Lipinski definition) is 0. The van der Waals surface area contributed by atoms with Crippen LogP contribution in [0.2, 0.25) is 0 Å². The largest absolute Gasteiger partial charge is 0.354 e. The lowest BCUT2D eigenvalue weighted by molar-refractivity contribution is 0.431. The van der Waals surface area contributed by atoms with Gasteiger partial charge in [-0.3, -0.25) is 0 Å². The highest BCUT2D eigenvalue weighted by Crippen LogP contribution is 1.93. The van der Waals surface area contributed by atoms with E-state index in [0.717, 1.165) is 0 Å². The Labute approximate surface area is 98.3 Å². The highest BCUT2D eigenvalue weighted by molar-refractivity contribution is 5.02. The van der Waals surface area contributed by atoms with Gasteiger partial charge < -0.3 is 9.80 Å². The fraction of sp³-hybridized carbons (Fsp3) is 0.286. The highest BCUT2D eigenvalue weighted by Gasteiger charge is 1.96. The SMILES string of the molecule is C#CCN(/C=C/N(CC#C)CC#C)CC#C. The van der Waals surface area contributed by atoms with Crippen LogP contribution in [0.4, 0.5) is 0 Å². The van der Waals surface area contributed by atoms with Gasteiger partial charge in [-0.25, -0.2) is 0 Å². The maximum atomic E-state index is 5.21. The number of hydrogen-bond acceptors (Lipinski definition) is 2. The Bertz CT molecular complexity index is 309. The summed E-state index contributed by atoms with van der Waals surface area (Å²) in [6.45, 7) is 1.84. The summed E-state index contributed by atoms with van der Waals surface area (Å²) in [5.41, 5.74) is 0. The molecule has 0 amide bonds. The van der Waals surface area contributed by atoms with E-state index in [4.69, 9.17) is 25.7 Å². The van der Waals surface area contributed by atoms with Crippen molar-refractivity contribution in [2.75, 3.05) is 26.2 Å². The second-order valence-corrected chi connectivity index (χ2v) is 2.92. The van der Waals surface area contributed by atoms with E-state index in [1.165, 1.54) is 0 Å². The molecular weight excluding hydrogens is 196 g/mol. The van der Waals surface area contributed by atoms with Crippen LogP contribution >= 0.6 is 0 Å². The second-order valence-electron chi connectivity index (χ2n) is 2.92. The van der Waals surface area contributed by atoms with Crippen molar-refractivity contribution >= 4 is 0 Å². The van der Waals surface area contributed by atoms with Crippen LogP contribution in [0.5, 0.6) is 0 Å². The molecule has 16 heavy (non-hydrogen) atoms. The fourth-order valence-corrected chi connectivity index (χ4v) is 0.980. The first-order valence-corrected chi connectivity index (χ1v) is 4.68. The van der Waals surface area contributed by atoms with Crippen LogP contribution in [0.3, 0.4) is 0 Å². The van der Waals surface area contributed by atoms with E-state index in [0.29, 0.717) is 26.2 Å². The lowest BCUT2D eigenvalue weighted by atomic mass is 10.4. The number of nitrogens with zero attached hydrogens (tertiary/aromatic N) is 2. The van der Waals surface area contributed by atoms with Gasteiger partial charge in [0.15, 0.2) is 0 Å². The van der Waals surface area contributed by atoms with Crippen LogP contribution in [0.25, 0.3) is 0 Å². The average molecular weight is 210 g/mol. The van der Waals surface area contributed by atoms with E-state index < -0.39 is 0 Å². The number of rotatable bonds is 6. The average Bonchev–Trinajstić information content (AvgIpc) is 2.27. The molecule has 0 aliphatic carbocycles. The fourth-order valence-electron chi connectivity index (χ4n) is 0.980. The summed E-state index contributed by atoms with van der Waals surface area (Å²) in [6.07, 6.45) is 24.4. The van der Waals surface area contributed by atoms with Crippen LogP contribution in [-0.2, 0) is 0 Å². The molecule has 0 aromatic heterocycles. The minimum Gasteiger partial charge on any atom is -0.354 e. The molecule has 0 rings (SSSR count). The Morgan fingerprint density at radius 2 is 0.875 bits per heavy atom. The molecule has 80 valence electrons. The Morgan fingerprint density at radius 3 is 1.06 bits per heavy atom. The molecule has 0 unspecified atom stereocenters. The molecule has 0 aromatic carbocycles. The zero-order valence-corrected chi connectivity index (χ0v) is 9.19. The Balaban J connectivity index is 4.39.